The molecule has 0 unspecified atom stereocenters. The summed E-state index contributed by atoms with van der Waals surface area (Å²) in [6, 6.07) is 1.31. The highest BCUT2D eigenvalue weighted by atomic mass is 16.5. The van der Waals surface area contributed by atoms with Crippen molar-refractivity contribution in [3.05, 3.63) is 32.6 Å². The standard InChI is InChI=1S/C12H16N2O4/c1-13-9(6-10(15)14(2)12(13)17)7-18-11(16)8-4-3-5-8/h6,8H,3-5,7H2,1-2H3. The van der Waals surface area contributed by atoms with Crippen LogP contribution in [0.3, 0.4) is 0 Å². The van der Waals surface area contributed by atoms with E-state index in [-0.39, 0.29) is 18.5 Å². The summed E-state index contributed by atoms with van der Waals surface area (Å²) in [7, 11) is 2.96. The molecule has 0 radical (unpaired) electrons. The summed E-state index contributed by atoms with van der Waals surface area (Å²) in [5.41, 5.74) is -0.402. The van der Waals surface area contributed by atoms with Gasteiger partial charge in [-0.15, -0.1) is 0 Å². The second-order valence-electron chi connectivity index (χ2n) is 4.61. The van der Waals surface area contributed by atoms with Crippen LogP contribution in [0.15, 0.2) is 15.7 Å². The zero-order valence-corrected chi connectivity index (χ0v) is 10.5. The molecule has 1 fully saturated rings. The van der Waals surface area contributed by atoms with Gasteiger partial charge in [-0.1, -0.05) is 6.42 Å². The van der Waals surface area contributed by atoms with Gasteiger partial charge in [-0.3, -0.25) is 18.7 Å². The van der Waals surface area contributed by atoms with E-state index in [0.717, 1.165) is 23.8 Å². The number of nitrogens with zero attached hydrogens (tertiary/aromatic N) is 2. The Kier molecular flexibility index (Phi) is 3.36. The van der Waals surface area contributed by atoms with E-state index in [4.69, 9.17) is 4.74 Å². The number of esters is 1. The van der Waals surface area contributed by atoms with Crippen molar-refractivity contribution >= 4 is 5.97 Å². The zero-order chi connectivity index (χ0) is 13.3. The van der Waals surface area contributed by atoms with E-state index >= 15 is 0 Å². The molecule has 0 atom stereocenters. The summed E-state index contributed by atoms with van der Waals surface area (Å²) in [6.07, 6.45) is 2.80. The predicted molar refractivity (Wildman–Crippen MR) is 64.1 cm³/mol. The lowest BCUT2D eigenvalue weighted by atomic mass is 9.86. The van der Waals surface area contributed by atoms with Gasteiger partial charge in [0.25, 0.3) is 5.56 Å². The second-order valence-corrected chi connectivity index (χ2v) is 4.61. The van der Waals surface area contributed by atoms with Crippen LogP contribution in [0.25, 0.3) is 0 Å². The Balaban J connectivity index is 2.12. The van der Waals surface area contributed by atoms with E-state index in [1.807, 2.05) is 0 Å². The monoisotopic (exact) mass is 252 g/mol. The molecule has 0 spiro atoms. The van der Waals surface area contributed by atoms with E-state index in [9.17, 15) is 14.4 Å². The van der Waals surface area contributed by atoms with Gasteiger partial charge in [0, 0.05) is 20.2 Å². The predicted octanol–water partition coefficient (Wildman–Crippen LogP) is -0.0727. The molecule has 0 aromatic carbocycles. The number of aromatic nitrogens is 2. The molecule has 1 aromatic rings. The average molecular weight is 252 g/mol. The van der Waals surface area contributed by atoms with Crippen LogP contribution in [0.2, 0.25) is 0 Å². The Labute approximate surface area is 104 Å². The maximum Gasteiger partial charge on any atom is 0.330 e. The van der Waals surface area contributed by atoms with Gasteiger partial charge in [-0.05, 0) is 12.8 Å². The number of hydrogen-bond donors (Lipinski definition) is 0. The number of carbonyl (C=O) groups is 1. The molecule has 98 valence electrons. The van der Waals surface area contributed by atoms with Gasteiger partial charge in [0.15, 0.2) is 0 Å². The van der Waals surface area contributed by atoms with Crippen LogP contribution < -0.4 is 11.2 Å². The van der Waals surface area contributed by atoms with Gasteiger partial charge >= 0.3 is 11.7 Å². The zero-order valence-electron chi connectivity index (χ0n) is 10.5. The molecule has 1 aliphatic carbocycles. The maximum atomic E-state index is 11.6. The minimum atomic E-state index is -0.419. The first-order chi connectivity index (χ1) is 8.50. The van der Waals surface area contributed by atoms with Crippen molar-refractivity contribution < 1.29 is 9.53 Å². The molecular weight excluding hydrogens is 236 g/mol. The normalized spacial score (nSPS) is 15.2. The van der Waals surface area contributed by atoms with E-state index in [1.165, 1.54) is 17.7 Å². The number of carbonyl (C=O) groups excluding carboxylic acids is 1. The maximum absolute atomic E-state index is 11.6. The number of rotatable bonds is 3. The molecule has 18 heavy (non-hydrogen) atoms. The first kappa shape index (κ1) is 12.6. The molecule has 0 N–H and O–H groups in total. The second kappa shape index (κ2) is 4.80. The van der Waals surface area contributed by atoms with Crippen LogP contribution in [0.1, 0.15) is 25.0 Å². The summed E-state index contributed by atoms with van der Waals surface area (Å²) >= 11 is 0. The molecule has 1 heterocycles. The van der Waals surface area contributed by atoms with E-state index in [1.54, 1.807) is 7.05 Å². The van der Waals surface area contributed by atoms with Crippen LogP contribution in [0.4, 0.5) is 0 Å². The van der Waals surface area contributed by atoms with Crippen LogP contribution in [-0.2, 0) is 30.2 Å². The van der Waals surface area contributed by atoms with E-state index in [2.05, 4.69) is 0 Å². The van der Waals surface area contributed by atoms with Crippen molar-refractivity contribution in [2.75, 3.05) is 0 Å². The molecular formula is C12H16N2O4. The molecule has 2 rings (SSSR count). The van der Waals surface area contributed by atoms with E-state index in [0.29, 0.717) is 5.69 Å². The topological polar surface area (TPSA) is 70.3 Å². The van der Waals surface area contributed by atoms with Gasteiger partial charge in [0.05, 0.1) is 11.6 Å². The summed E-state index contributed by atoms with van der Waals surface area (Å²) in [6.45, 7) is -0.0306. The molecule has 0 saturated heterocycles. The summed E-state index contributed by atoms with van der Waals surface area (Å²) in [5.74, 6) is -0.247. The molecule has 6 heteroatoms. The molecule has 1 aliphatic rings. The lowest BCUT2D eigenvalue weighted by Gasteiger charge is -2.23. The van der Waals surface area contributed by atoms with Crippen molar-refractivity contribution in [2.24, 2.45) is 20.0 Å². The lowest BCUT2D eigenvalue weighted by molar-refractivity contribution is -0.153. The minimum absolute atomic E-state index is 0.00595. The highest BCUT2D eigenvalue weighted by molar-refractivity contribution is 5.73. The minimum Gasteiger partial charge on any atom is -0.459 e. The third-order valence-electron chi connectivity index (χ3n) is 3.43. The van der Waals surface area contributed by atoms with Gasteiger partial charge in [0.1, 0.15) is 6.61 Å². The Hall–Kier alpha value is -1.85. The first-order valence-electron chi connectivity index (χ1n) is 5.93. The molecule has 0 aliphatic heterocycles. The molecule has 0 bridgehead atoms. The number of hydrogen-bond acceptors (Lipinski definition) is 4. The van der Waals surface area contributed by atoms with Crippen molar-refractivity contribution in [3.8, 4) is 0 Å². The van der Waals surface area contributed by atoms with Crippen molar-refractivity contribution in [1.82, 2.24) is 9.13 Å². The highest BCUT2D eigenvalue weighted by Gasteiger charge is 2.26. The summed E-state index contributed by atoms with van der Waals surface area (Å²) in [5, 5.41) is 0. The van der Waals surface area contributed by atoms with Crippen molar-refractivity contribution in [2.45, 2.75) is 25.9 Å². The molecule has 0 amide bonds. The Morgan fingerprint density at radius 1 is 1.33 bits per heavy atom. The van der Waals surface area contributed by atoms with Crippen LogP contribution in [-0.4, -0.2) is 15.1 Å². The largest absolute Gasteiger partial charge is 0.459 e. The third-order valence-corrected chi connectivity index (χ3v) is 3.43. The summed E-state index contributed by atoms with van der Waals surface area (Å²) in [4.78, 5) is 34.7. The smallest absolute Gasteiger partial charge is 0.330 e. The van der Waals surface area contributed by atoms with Crippen molar-refractivity contribution in [3.63, 3.8) is 0 Å². The van der Waals surface area contributed by atoms with Crippen LogP contribution in [0, 0.1) is 5.92 Å². The first-order valence-corrected chi connectivity index (χ1v) is 5.93. The molecule has 1 saturated carbocycles. The van der Waals surface area contributed by atoms with Gasteiger partial charge in [-0.25, -0.2) is 4.79 Å². The Morgan fingerprint density at radius 3 is 2.56 bits per heavy atom. The van der Waals surface area contributed by atoms with Gasteiger partial charge < -0.3 is 4.74 Å². The van der Waals surface area contributed by atoms with Gasteiger partial charge in [0.2, 0.25) is 0 Å². The average Bonchev–Trinajstić information content (AvgIpc) is 2.27. The highest BCUT2D eigenvalue weighted by Crippen LogP contribution is 2.27. The fraction of sp³-hybridized carbons (Fsp3) is 0.583. The molecule has 1 aromatic heterocycles. The summed E-state index contributed by atoms with van der Waals surface area (Å²) < 4.78 is 7.44. The van der Waals surface area contributed by atoms with Crippen LogP contribution in [0.5, 0.6) is 0 Å². The fourth-order valence-electron chi connectivity index (χ4n) is 1.82. The third kappa shape index (κ3) is 2.23. The SMILES string of the molecule is Cn1c(COC(=O)C2CCC2)cc(=O)n(C)c1=O. The quantitative estimate of drug-likeness (QED) is 0.706. The fourth-order valence-corrected chi connectivity index (χ4v) is 1.82. The number of ether oxygens (including phenoxy) is 1. The Morgan fingerprint density at radius 2 is 2.00 bits per heavy atom. The lowest BCUT2D eigenvalue weighted by Crippen LogP contribution is -2.38. The van der Waals surface area contributed by atoms with Crippen LogP contribution >= 0.6 is 0 Å². The molecule has 6 nitrogen and oxygen atoms in total. The van der Waals surface area contributed by atoms with Gasteiger partial charge in [-0.2, -0.15) is 0 Å². The van der Waals surface area contributed by atoms with E-state index < -0.39 is 11.2 Å². The van der Waals surface area contributed by atoms with Crippen molar-refractivity contribution in [1.29, 1.82) is 0 Å². The Bertz CT molecular complexity index is 581.